The molecular formula is C19H22Cl2O5S. The second-order valence-electron chi connectivity index (χ2n) is 7.00. The molecule has 0 aliphatic carbocycles. The zero-order valence-corrected chi connectivity index (χ0v) is 17.6. The van der Waals surface area contributed by atoms with Crippen LogP contribution >= 0.6 is 23.2 Å². The summed E-state index contributed by atoms with van der Waals surface area (Å²) < 4.78 is 27.8. The average molecular weight is 433 g/mol. The van der Waals surface area contributed by atoms with Crippen LogP contribution in [0.3, 0.4) is 0 Å². The molecule has 0 fully saturated rings. The average Bonchev–Trinajstić information content (AvgIpc) is 2.56. The van der Waals surface area contributed by atoms with E-state index in [1.165, 1.54) is 0 Å². The van der Waals surface area contributed by atoms with Gasteiger partial charge in [-0.2, -0.15) is 0 Å². The summed E-state index contributed by atoms with van der Waals surface area (Å²) in [5.74, 6) is 0.0266. The highest BCUT2D eigenvalue weighted by Gasteiger charge is 2.25. The molecule has 148 valence electrons. The van der Waals surface area contributed by atoms with Crippen LogP contribution in [0, 0.1) is 0 Å². The Morgan fingerprint density at radius 3 is 2.07 bits per heavy atom. The van der Waals surface area contributed by atoms with Crippen molar-refractivity contribution >= 4 is 33.0 Å². The van der Waals surface area contributed by atoms with Gasteiger partial charge in [0.25, 0.3) is 0 Å². The fourth-order valence-electron chi connectivity index (χ4n) is 2.65. The number of hydrogen-bond donors (Lipinski definition) is 2. The van der Waals surface area contributed by atoms with Gasteiger partial charge in [0.15, 0.2) is 5.75 Å². The summed E-state index contributed by atoms with van der Waals surface area (Å²) in [6.07, 6.45) is -0.0213. The number of halogens is 2. The summed E-state index contributed by atoms with van der Waals surface area (Å²) in [4.78, 5) is 0. The Morgan fingerprint density at radius 2 is 1.59 bits per heavy atom. The van der Waals surface area contributed by atoms with Gasteiger partial charge in [0.2, 0.25) is 0 Å². The second kappa shape index (κ2) is 8.27. The van der Waals surface area contributed by atoms with E-state index in [4.69, 9.17) is 27.9 Å². The molecule has 0 aromatic heterocycles. The first-order chi connectivity index (χ1) is 12.4. The minimum absolute atomic E-state index is 0.112. The first kappa shape index (κ1) is 21.8. The summed E-state index contributed by atoms with van der Waals surface area (Å²) in [6, 6.07) is 10.6. The van der Waals surface area contributed by atoms with Gasteiger partial charge < -0.3 is 14.9 Å². The summed E-state index contributed by atoms with van der Waals surface area (Å²) in [5, 5.41) is 19.8. The third-order valence-corrected chi connectivity index (χ3v) is 5.82. The van der Waals surface area contributed by atoms with Crippen LogP contribution in [0.5, 0.6) is 11.5 Å². The maximum absolute atomic E-state index is 11.2. The van der Waals surface area contributed by atoms with Gasteiger partial charge in [0, 0.05) is 11.7 Å². The van der Waals surface area contributed by atoms with E-state index in [9.17, 15) is 18.6 Å². The molecule has 0 aliphatic rings. The third kappa shape index (κ3) is 5.75. The zero-order valence-electron chi connectivity index (χ0n) is 15.2. The second-order valence-corrected chi connectivity index (χ2v) is 9.99. The van der Waals surface area contributed by atoms with E-state index in [1.807, 2.05) is 26.0 Å². The molecule has 27 heavy (non-hydrogen) atoms. The predicted molar refractivity (Wildman–Crippen MR) is 108 cm³/mol. The molecule has 2 aromatic carbocycles. The van der Waals surface area contributed by atoms with Crippen molar-refractivity contribution in [2.45, 2.75) is 25.4 Å². The molecule has 0 heterocycles. The van der Waals surface area contributed by atoms with E-state index in [0.717, 1.165) is 17.4 Å². The van der Waals surface area contributed by atoms with Gasteiger partial charge in [0.1, 0.15) is 28.3 Å². The van der Waals surface area contributed by atoms with Crippen LogP contribution in [0.2, 0.25) is 10.0 Å². The first-order valence-corrected chi connectivity index (χ1v) is 11.0. The molecule has 0 saturated heterocycles. The number of ether oxygens (including phenoxy) is 1. The van der Waals surface area contributed by atoms with Crippen LogP contribution in [0.25, 0.3) is 0 Å². The Bertz CT molecular complexity index is 885. The summed E-state index contributed by atoms with van der Waals surface area (Å²) in [5.41, 5.74) is 1.37. The van der Waals surface area contributed by atoms with Crippen LogP contribution in [0.4, 0.5) is 0 Å². The first-order valence-electron chi connectivity index (χ1n) is 8.18. The standard InChI is InChI=1S/C19H22Cl2O5S/c1-19(2,13-8-16(20)18(23)17(21)9-13)12-4-6-15(7-5-12)26-10-14(22)11-27(3,24)25/h4-9,14,22-23H,10-11H2,1-3H3/t14-/m0/s1. The molecule has 1 atom stereocenters. The lowest BCUT2D eigenvalue weighted by atomic mass is 9.78. The molecule has 0 bridgehead atoms. The molecule has 0 unspecified atom stereocenters. The molecule has 2 N–H and O–H groups in total. The van der Waals surface area contributed by atoms with Crippen molar-refractivity contribution in [3.05, 3.63) is 57.6 Å². The van der Waals surface area contributed by atoms with Crippen LogP contribution in [-0.4, -0.2) is 43.4 Å². The normalized spacial score (nSPS) is 13.4. The Morgan fingerprint density at radius 1 is 1.07 bits per heavy atom. The molecule has 0 aliphatic heterocycles. The predicted octanol–water partition coefficient (Wildman–Crippen LogP) is 3.81. The Hall–Kier alpha value is -1.47. The number of phenols is 1. The zero-order chi connectivity index (χ0) is 20.4. The lowest BCUT2D eigenvalue weighted by Gasteiger charge is -2.27. The van der Waals surface area contributed by atoms with Crippen molar-refractivity contribution in [1.82, 2.24) is 0 Å². The number of aromatic hydroxyl groups is 1. The summed E-state index contributed by atoms with van der Waals surface area (Å²) in [6.45, 7) is 3.88. The minimum Gasteiger partial charge on any atom is -0.505 e. The maximum Gasteiger partial charge on any atom is 0.152 e. The number of phenolic OH excluding ortho intramolecular Hbond substituents is 1. The molecule has 0 saturated carbocycles. The number of aliphatic hydroxyl groups is 1. The Labute approximate surface area is 169 Å². The number of hydrogen-bond acceptors (Lipinski definition) is 5. The SMILES string of the molecule is CC(C)(c1ccc(OC[C@H](O)CS(C)(=O)=O)cc1)c1cc(Cl)c(O)c(Cl)c1. The number of sulfone groups is 1. The Kier molecular flexibility index (Phi) is 6.68. The maximum atomic E-state index is 11.2. The molecule has 8 heteroatoms. The van der Waals surface area contributed by atoms with E-state index >= 15 is 0 Å². The fraction of sp³-hybridized carbons (Fsp3) is 0.368. The third-order valence-electron chi connectivity index (χ3n) is 4.25. The molecule has 2 aromatic rings. The quantitative estimate of drug-likeness (QED) is 0.694. The van der Waals surface area contributed by atoms with Crippen molar-refractivity contribution in [1.29, 1.82) is 0 Å². The van der Waals surface area contributed by atoms with E-state index < -0.39 is 21.4 Å². The lowest BCUT2D eigenvalue weighted by Crippen LogP contribution is -2.26. The van der Waals surface area contributed by atoms with Crippen molar-refractivity contribution < 1.29 is 23.4 Å². The van der Waals surface area contributed by atoms with Crippen LogP contribution in [-0.2, 0) is 15.3 Å². The molecule has 2 rings (SSSR count). The Balaban J connectivity index is 2.14. The van der Waals surface area contributed by atoms with Gasteiger partial charge in [-0.3, -0.25) is 0 Å². The smallest absolute Gasteiger partial charge is 0.152 e. The van der Waals surface area contributed by atoms with E-state index in [2.05, 4.69) is 0 Å². The summed E-state index contributed by atoms with van der Waals surface area (Å²) in [7, 11) is -3.26. The number of aliphatic hydroxyl groups excluding tert-OH is 1. The lowest BCUT2D eigenvalue weighted by molar-refractivity contribution is 0.125. The highest BCUT2D eigenvalue weighted by atomic mass is 35.5. The van der Waals surface area contributed by atoms with Gasteiger partial charge in [-0.25, -0.2) is 8.42 Å². The van der Waals surface area contributed by atoms with Gasteiger partial charge in [-0.05, 0) is 35.4 Å². The fourth-order valence-corrected chi connectivity index (χ4v) is 3.93. The van der Waals surface area contributed by atoms with E-state index in [1.54, 1.807) is 24.3 Å². The molecular weight excluding hydrogens is 411 g/mol. The summed E-state index contributed by atoms with van der Waals surface area (Å²) >= 11 is 12.1. The van der Waals surface area contributed by atoms with Crippen LogP contribution in [0.1, 0.15) is 25.0 Å². The highest BCUT2D eigenvalue weighted by molar-refractivity contribution is 7.90. The van der Waals surface area contributed by atoms with Gasteiger partial charge >= 0.3 is 0 Å². The van der Waals surface area contributed by atoms with Gasteiger partial charge in [-0.15, -0.1) is 0 Å². The van der Waals surface area contributed by atoms with Crippen LogP contribution in [0.15, 0.2) is 36.4 Å². The molecule has 0 radical (unpaired) electrons. The van der Waals surface area contributed by atoms with E-state index in [-0.39, 0.29) is 28.2 Å². The molecule has 5 nitrogen and oxygen atoms in total. The topological polar surface area (TPSA) is 83.8 Å². The molecule has 0 spiro atoms. The number of rotatable bonds is 7. The van der Waals surface area contributed by atoms with Crippen molar-refractivity contribution in [3.63, 3.8) is 0 Å². The highest BCUT2D eigenvalue weighted by Crippen LogP contribution is 2.39. The number of benzene rings is 2. The van der Waals surface area contributed by atoms with Gasteiger partial charge in [-0.1, -0.05) is 49.2 Å². The monoisotopic (exact) mass is 432 g/mol. The van der Waals surface area contributed by atoms with Crippen molar-refractivity contribution in [2.75, 3.05) is 18.6 Å². The minimum atomic E-state index is -3.26. The van der Waals surface area contributed by atoms with Crippen molar-refractivity contribution in [2.24, 2.45) is 0 Å². The van der Waals surface area contributed by atoms with E-state index in [0.29, 0.717) is 5.75 Å². The van der Waals surface area contributed by atoms with Crippen molar-refractivity contribution in [3.8, 4) is 11.5 Å². The molecule has 0 amide bonds. The largest absolute Gasteiger partial charge is 0.505 e. The van der Waals surface area contributed by atoms with Crippen LogP contribution < -0.4 is 4.74 Å². The van der Waals surface area contributed by atoms with Gasteiger partial charge in [0.05, 0.1) is 15.8 Å².